The summed E-state index contributed by atoms with van der Waals surface area (Å²) in [5, 5.41) is 13.0. The number of benzene rings is 2. The molecule has 0 spiro atoms. The number of methoxy groups -OCH3 is 2. The molecule has 1 aromatic heterocycles. The molecule has 0 N–H and O–H groups in total. The molecule has 0 saturated carbocycles. The van der Waals surface area contributed by atoms with Gasteiger partial charge < -0.3 is 19.3 Å². The largest absolute Gasteiger partial charge is 0.493 e. The van der Waals surface area contributed by atoms with E-state index in [0.29, 0.717) is 43.1 Å². The number of ether oxygens (including phenoxy) is 2. The van der Waals surface area contributed by atoms with Crippen LogP contribution in [0.3, 0.4) is 0 Å². The Morgan fingerprint density at radius 3 is 2.32 bits per heavy atom. The highest BCUT2D eigenvalue weighted by molar-refractivity contribution is 7.09. The number of amides is 2. The minimum Gasteiger partial charge on any atom is -0.493 e. The van der Waals surface area contributed by atoms with E-state index >= 15 is 0 Å². The van der Waals surface area contributed by atoms with E-state index in [1.54, 1.807) is 30.5 Å². The first kappa shape index (κ1) is 28.6. The number of non-ortho nitro benzene ring substituents is 1. The summed E-state index contributed by atoms with van der Waals surface area (Å²) in [7, 11) is 3.17. The lowest BCUT2D eigenvalue weighted by molar-refractivity contribution is -0.384. The van der Waals surface area contributed by atoms with Crippen LogP contribution < -0.4 is 9.47 Å². The number of rotatable bonds is 14. The van der Waals surface area contributed by atoms with Gasteiger partial charge in [0.25, 0.3) is 11.6 Å². The third-order valence-electron chi connectivity index (χ3n) is 6.12. The number of nitrogens with zero attached hydrogens (tertiary/aromatic N) is 3. The number of nitro benzene ring substituents is 1. The van der Waals surface area contributed by atoms with Crippen LogP contribution in [0, 0.1) is 10.1 Å². The van der Waals surface area contributed by atoms with Gasteiger partial charge in [-0.05, 0) is 54.1 Å². The third-order valence-corrected chi connectivity index (χ3v) is 6.98. The summed E-state index contributed by atoms with van der Waals surface area (Å²) < 4.78 is 10.7. The van der Waals surface area contributed by atoms with Crippen molar-refractivity contribution in [1.29, 1.82) is 0 Å². The summed E-state index contributed by atoms with van der Waals surface area (Å²) in [4.78, 5) is 41.7. The Morgan fingerprint density at radius 2 is 1.71 bits per heavy atom. The summed E-state index contributed by atoms with van der Waals surface area (Å²) in [5.74, 6) is 0.780. The fourth-order valence-corrected chi connectivity index (χ4v) is 4.68. The zero-order valence-electron chi connectivity index (χ0n) is 21.9. The van der Waals surface area contributed by atoms with Crippen molar-refractivity contribution >= 4 is 28.8 Å². The summed E-state index contributed by atoms with van der Waals surface area (Å²) in [6.07, 6.45) is 2.20. The molecule has 0 aliphatic carbocycles. The first-order chi connectivity index (χ1) is 18.4. The fraction of sp³-hybridized carbons (Fsp3) is 0.357. The van der Waals surface area contributed by atoms with Gasteiger partial charge in [0, 0.05) is 35.7 Å². The highest BCUT2D eigenvalue weighted by atomic mass is 32.1. The van der Waals surface area contributed by atoms with E-state index in [2.05, 4.69) is 0 Å². The van der Waals surface area contributed by atoms with Gasteiger partial charge >= 0.3 is 0 Å². The highest BCUT2D eigenvalue weighted by Gasteiger charge is 2.23. The van der Waals surface area contributed by atoms with E-state index in [9.17, 15) is 19.7 Å². The first-order valence-corrected chi connectivity index (χ1v) is 13.3. The van der Waals surface area contributed by atoms with Crippen LogP contribution in [0.25, 0.3) is 0 Å². The lowest BCUT2D eigenvalue weighted by atomic mass is 10.1. The van der Waals surface area contributed by atoms with Crippen molar-refractivity contribution in [3.05, 3.63) is 86.1 Å². The topological polar surface area (TPSA) is 102 Å². The summed E-state index contributed by atoms with van der Waals surface area (Å²) >= 11 is 1.57. The van der Waals surface area contributed by atoms with Gasteiger partial charge in [0.2, 0.25) is 5.91 Å². The summed E-state index contributed by atoms with van der Waals surface area (Å²) in [6.45, 7) is 3.26. The number of thiophene rings is 1. The number of nitro groups is 1. The average molecular weight is 540 g/mol. The van der Waals surface area contributed by atoms with Crippen LogP contribution in [0.4, 0.5) is 5.69 Å². The maximum absolute atomic E-state index is 13.6. The van der Waals surface area contributed by atoms with Crippen molar-refractivity contribution < 1.29 is 24.0 Å². The van der Waals surface area contributed by atoms with Gasteiger partial charge in [0.1, 0.15) is 6.54 Å². The van der Waals surface area contributed by atoms with Crippen LogP contribution in [0.2, 0.25) is 0 Å². The Bertz CT molecular complexity index is 1210. The van der Waals surface area contributed by atoms with Crippen LogP contribution >= 0.6 is 11.3 Å². The maximum Gasteiger partial charge on any atom is 0.269 e. The molecule has 9 nitrogen and oxygen atoms in total. The molecule has 2 amide bonds. The molecule has 3 aromatic rings. The molecule has 3 rings (SSSR count). The van der Waals surface area contributed by atoms with Gasteiger partial charge in [-0.25, -0.2) is 0 Å². The van der Waals surface area contributed by atoms with Crippen LogP contribution in [-0.4, -0.2) is 60.4 Å². The molecule has 1 heterocycles. The van der Waals surface area contributed by atoms with Gasteiger partial charge in [-0.1, -0.05) is 25.5 Å². The molecule has 0 atom stereocenters. The molecular formula is C28H33N3O6S. The molecule has 2 aromatic carbocycles. The van der Waals surface area contributed by atoms with Crippen molar-refractivity contribution in [1.82, 2.24) is 9.80 Å². The predicted molar refractivity (Wildman–Crippen MR) is 147 cm³/mol. The van der Waals surface area contributed by atoms with E-state index in [-0.39, 0.29) is 24.0 Å². The Kier molecular flexibility index (Phi) is 10.7. The predicted octanol–water partition coefficient (Wildman–Crippen LogP) is 5.19. The van der Waals surface area contributed by atoms with Gasteiger partial charge in [0.15, 0.2) is 11.5 Å². The molecule has 0 aliphatic heterocycles. The molecule has 202 valence electrons. The van der Waals surface area contributed by atoms with Crippen LogP contribution in [0.15, 0.2) is 60.0 Å². The molecular weight excluding hydrogens is 506 g/mol. The first-order valence-electron chi connectivity index (χ1n) is 12.4. The quantitative estimate of drug-likeness (QED) is 0.206. The SMILES string of the molecule is CCCCN(CC(=O)N(CCc1ccc(OC)c(OC)c1)Cc1cccs1)C(=O)c1ccc([N+](=O)[O-])cc1. The van der Waals surface area contributed by atoms with Crippen molar-refractivity contribution in [3.63, 3.8) is 0 Å². The molecule has 0 unspecified atom stereocenters. The molecule has 38 heavy (non-hydrogen) atoms. The van der Waals surface area contributed by atoms with E-state index in [1.165, 1.54) is 29.2 Å². The monoisotopic (exact) mass is 539 g/mol. The van der Waals surface area contributed by atoms with Gasteiger partial charge in [-0.2, -0.15) is 0 Å². The smallest absolute Gasteiger partial charge is 0.269 e. The molecule has 0 bridgehead atoms. The van der Waals surface area contributed by atoms with Gasteiger partial charge in [-0.3, -0.25) is 19.7 Å². The number of hydrogen-bond acceptors (Lipinski definition) is 7. The molecule has 0 aliphatic rings. The lowest BCUT2D eigenvalue weighted by Gasteiger charge is -2.28. The van der Waals surface area contributed by atoms with E-state index in [0.717, 1.165) is 23.3 Å². The van der Waals surface area contributed by atoms with Gasteiger partial charge in [0.05, 0.1) is 25.7 Å². The maximum atomic E-state index is 13.6. The molecule has 0 fully saturated rings. The normalized spacial score (nSPS) is 10.6. The number of carbonyl (C=O) groups excluding carboxylic acids is 2. The Morgan fingerprint density at radius 1 is 0.974 bits per heavy atom. The lowest BCUT2D eigenvalue weighted by Crippen LogP contribution is -2.43. The summed E-state index contributed by atoms with van der Waals surface area (Å²) in [5.41, 5.74) is 1.22. The van der Waals surface area contributed by atoms with Crippen LogP contribution in [-0.2, 0) is 17.8 Å². The number of carbonyl (C=O) groups is 2. The molecule has 0 saturated heterocycles. The number of hydrogen-bond donors (Lipinski definition) is 0. The Hall–Kier alpha value is -3.92. The van der Waals surface area contributed by atoms with Crippen LogP contribution in [0.5, 0.6) is 11.5 Å². The Labute approximate surface area is 226 Å². The zero-order chi connectivity index (χ0) is 27.5. The van der Waals surface area contributed by atoms with Gasteiger partial charge in [-0.15, -0.1) is 11.3 Å². The highest BCUT2D eigenvalue weighted by Crippen LogP contribution is 2.28. The zero-order valence-corrected chi connectivity index (χ0v) is 22.7. The van der Waals surface area contributed by atoms with Crippen LogP contribution in [0.1, 0.15) is 40.6 Å². The molecule has 0 radical (unpaired) electrons. The van der Waals surface area contributed by atoms with E-state index in [1.807, 2.05) is 42.6 Å². The van der Waals surface area contributed by atoms with Crippen molar-refractivity contribution in [2.75, 3.05) is 33.9 Å². The minimum absolute atomic E-state index is 0.0763. The third kappa shape index (κ3) is 7.79. The molecule has 10 heteroatoms. The minimum atomic E-state index is -0.506. The Balaban J connectivity index is 1.77. The number of unbranched alkanes of at least 4 members (excludes halogenated alkanes) is 1. The average Bonchev–Trinajstić information content (AvgIpc) is 3.45. The van der Waals surface area contributed by atoms with Crippen molar-refractivity contribution in [2.45, 2.75) is 32.7 Å². The fourth-order valence-electron chi connectivity index (χ4n) is 3.96. The second-order valence-corrected chi connectivity index (χ2v) is 9.75. The van der Waals surface area contributed by atoms with E-state index in [4.69, 9.17) is 9.47 Å². The van der Waals surface area contributed by atoms with Crippen molar-refractivity contribution in [3.8, 4) is 11.5 Å². The van der Waals surface area contributed by atoms with E-state index < -0.39 is 4.92 Å². The standard InChI is InChI=1S/C28H33N3O6S/c1-4-5-15-30(28(33)22-9-11-23(12-10-22)31(34)35)20-27(32)29(19-24-7-6-17-38-24)16-14-21-8-13-25(36-2)26(18-21)37-3/h6-13,17-18H,4-5,14-16,19-20H2,1-3H3. The second-order valence-electron chi connectivity index (χ2n) is 8.72. The van der Waals surface area contributed by atoms with Crippen molar-refractivity contribution in [2.24, 2.45) is 0 Å². The second kappa shape index (κ2) is 14.1. The summed E-state index contributed by atoms with van der Waals surface area (Å²) in [6, 6.07) is 15.1.